The fourth-order valence-electron chi connectivity index (χ4n) is 2.95. The van der Waals surface area contributed by atoms with Crippen molar-refractivity contribution < 1.29 is 13.2 Å². The van der Waals surface area contributed by atoms with Gasteiger partial charge in [0.15, 0.2) is 0 Å². The molecule has 0 radical (unpaired) electrons. The van der Waals surface area contributed by atoms with Crippen molar-refractivity contribution in [2.24, 2.45) is 0 Å². The van der Waals surface area contributed by atoms with E-state index in [2.05, 4.69) is 10.2 Å². The molecule has 142 valence electrons. The lowest BCUT2D eigenvalue weighted by molar-refractivity contribution is -0.111. The summed E-state index contributed by atoms with van der Waals surface area (Å²) in [7, 11) is -3.12. The molecule has 1 heterocycles. The van der Waals surface area contributed by atoms with E-state index in [4.69, 9.17) is 0 Å². The number of piperazine rings is 1. The Kier molecular flexibility index (Phi) is 5.93. The van der Waals surface area contributed by atoms with Gasteiger partial charge >= 0.3 is 0 Å². The number of carbonyl (C=O) groups excluding carboxylic acids is 1. The molecule has 1 aliphatic heterocycles. The normalized spacial score (nSPS) is 15.8. The number of amides is 1. The maximum Gasteiger partial charge on any atom is 0.248 e. The first kappa shape index (κ1) is 19.1. The minimum atomic E-state index is -3.12. The Morgan fingerprint density at radius 3 is 2.19 bits per heavy atom. The van der Waals surface area contributed by atoms with Crippen molar-refractivity contribution >= 4 is 33.4 Å². The summed E-state index contributed by atoms with van der Waals surface area (Å²) in [6.45, 7) is 2.28. The van der Waals surface area contributed by atoms with E-state index in [0.717, 1.165) is 16.9 Å². The smallest absolute Gasteiger partial charge is 0.248 e. The number of hydrogen-bond donors (Lipinski definition) is 1. The topological polar surface area (TPSA) is 69.7 Å². The first-order valence-corrected chi connectivity index (χ1v) is 10.6. The Morgan fingerprint density at radius 1 is 0.963 bits per heavy atom. The van der Waals surface area contributed by atoms with Crippen molar-refractivity contribution in [2.45, 2.75) is 0 Å². The minimum absolute atomic E-state index is 0.187. The predicted octanol–water partition coefficient (Wildman–Crippen LogP) is 2.42. The second-order valence-electron chi connectivity index (χ2n) is 6.43. The fraction of sp³-hybridized carbons (Fsp3) is 0.250. The summed E-state index contributed by atoms with van der Waals surface area (Å²) in [4.78, 5) is 14.2. The van der Waals surface area contributed by atoms with Crippen LogP contribution in [0.15, 0.2) is 60.7 Å². The number of sulfonamides is 1. The van der Waals surface area contributed by atoms with Gasteiger partial charge in [-0.2, -0.15) is 4.31 Å². The van der Waals surface area contributed by atoms with E-state index in [-0.39, 0.29) is 5.91 Å². The summed E-state index contributed by atoms with van der Waals surface area (Å²) in [5.74, 6) is -0.187. The molecule has 0 bridgehead atoms. The number of nitrogens with one attached hydrogen (secondary N) is 1. The average molecular weight is 385 g/mol. The van der Waals surface area contributed by atoms with Crippen LogP contribution in [0.5, 0.6) is 0 Å². The molecule has 0 aromatic heterocycles. The molecule has 0 spiro atoms. The molecule has 6 nitrogen and oxygen atoms in total. The molecule has 1 fully saturated rings. The van der Waals surface area contributed by atoms with Gasteiger partial charge in [-0.25, -0.2) is 8.42 Å². The minimum Gasteiger partial charge on any atom is -0.369 e. The van der Waals surface area contributed by atoms with Crippen molar-refractivity contribution in [1.82, 2.24) is 4.31 Å². The molecular formula is C20H23N3O3S. The van der Waals surface area contributed by atoms with Crippen LogP contribution in [-0.2, 0) is 14.8 Å². The number of hydrogen-bond acceptors (Lipinski definition) is 4. The van der Waals surface area contributed by atoms with Crippen molar-refractivity contribution in [3.8, 4) is 0 Å². The van der Waals surface area contributed by atoms with Crippen LogP contribution in [0.3, 0.4) is 0 Å². The molecule has 7 heteroatoms. The zero-order chi connectivity index (χ0) is 19.3. The first-order chi connectivity index (χ1) is 12.9. The maximum atomic E-state index is 12.0. The van der Waals surface area contributed by atoms with Gasteiger partial charge in [-0.1, -0.05) is 30.3 Å². The number of anilines is 2. The molecule has 0 atom stereocenters. The zero-order valence-corrected chi connectivity index (χ0v) is 16.0. The van der Waals surface area contributed by atoms with Gasteiger partial charge in [-0.3, -0.25) is 4.79 Å². The molecule has 1 N–H and O–H groups in total. The monoisotopic (exact) mass is 385 g/mol. The molecule has 27 heavy (non-hydrogen) atoms. The molecule has 1 saturated heterocycles. The number of benzene rings is 2. The van der Waals surface area contributed by atoms with Crippen LogP contribution in [0.4, 0.5) is 11.4 Å². The lowest BCUT2D eigenvalue weighted by Crippen LogP contribution is -2.48. The van der Waals surface area contributed by atoms with Gasteiger partial charge in [0.1, 0.15) is 0 Å². The van der Waals surface area contributed by atoms with E-state index < -0.39 is 10.0 Å². The molecule has 1 amide bonds. The quantitative estimate of drug-likeness (QED) is 0.803. The second-order valence-corrected chi connectivity index (χ2v) is 8.41. The lowest BCUT2D eigenvalue weighted by Gasteiger charge is -2.34. The maximum absolute atomic E-state index is 12.0. The summed E-state index contributed by atoms with van der Waals surface area (Å²) < 4.78 is 24.7. The fourth-order valence-corrected chi connectivity index (χ4v) is 3.78. The van der Waals surface area contributed by atoms with Gasteiger partial charge in [0, 0.05) is 43.6 Å². The predicted molar refractivity (Wildman–Crippen MR) is 109 cm³/mol. The third-order valence-electron chi connectivity index (χ3n) is 4.43. The number of nitrogens with zero attached hydrogens (tertiary/aromatic N) is 2. The molecule has 1 aliphatic rings. The molecule has 2 aromatic rings. The van der Waals surface area contributed by atoms with Crippen LogP contribution in [0.1, 0.15) is 5.56 Å². The van der Waals surface area contributed by atoms with Crippen molar-refractivity contribution in [1.29, 1.82) is 0 Å². The van der Waals surface area contributed by atoms with Gasteiger partial charge in [-0.05, 0) is 35.9 Å². The van der Waals surface area contributed by atoms with Crippen LogP contribution in [0, 0.1) is 0 Å². The van der Waals surface area contributed by atoms with Crippen LogP contribution in [0.25, 0.3) is 6.08 Å². The highest BCUT2D eigenvalue weighted by molar-refractivity contribution is 7.88. The highest BCUT2D eigenvalue weighted by atomic mass is 32.2. The summed E-state index contributed by atoms with van der Waals surface area (Å²) in [6, 6.07) is 17.2. The van der Waals surface area contributed by atoms with Crippen LogP contribution in [0.2, 0.25) is 0 Å². The van der Waals surface area contributed by atoms with E-state index in [1.807, 2.05) is 54.6 Å². The van der Waals surface area contributed by atoms with Crippen LogP contribution >= 0.6 is 0 Å². The summed E-state index contributed by atoms with van der Waals surface area (Å²) in [5, 5.41) is 2.84. The van der Waals surface area contributed by atoms with Gasteiger partial charge in [0.05, 0.1) is 6.26 Å². The van der Waals surface area contributed by atoms with Crippen molar-refractivity contribution in [2.75, 3.05) is 42.7 Å². The van der Waals surface area contributed by atoms with Crippen LogP contribution < -0.4 is 10.2 Å². The molecule has 0 aliphatic carbocycles. The van der Waals surface area contributed by atoms with Gasteiger partial charge in [-0.15, -0.1) is 0 Å². The second kappa shape index (κ2) is 8.37. The Balaban J connectivity index is 1.55. The SMILES string of the molecule is CS(=O)(=O)N1CCN(c2ccc(NC(=O)/C=C/c3ccccc3)cc2)CC1. The third-order valence-corrected chi connectivity index (χ3v) is 5.74. The number of rotatable bonds is 5. The largest absolute Gasteiger partial charge is 0.369 e. The Morgan fingerprint density at radius 2 is 1.59 bits per heavy atom. The summed E-state index contributed by atoms with van der Waals surface area (Å²) in [6.07, 6.45) is 4.52. The third kappa shape index (κ3) is 5.42. The molecule has 0 saturated carbocycles. The van der Waals surface area contributed by atoms with Gasteiger partial charge in [0.25, 0.3) is 0 Å². The zero-order valence-electron chi connectivity index (χ0n) is 15.2. The summed E-state index contributed by atoms with van der Waals surface area (Å²) >= 11 is 0. The Labute approximate surface area is 160 Å². The molecule has 2 aromatic carbocycles. The van der Waals surface area contributed by atoms with E-state index >= 15 is 0 Å². The molecule has 0 unspecified atom stereocenters. The van der Waals surface area contributed by atoms with E-state index in [1.165, 1.54) is 16.6 Å². The Hall–Kier alpha value is -2.64. The van der Waals surface area contributed by atoms with Gasteiger partial charge < -0.3 is 10.2 Å². The average Bonchev–Trinajstić information content (AvgIpc) is 2.67. The number of carbonyl (C=O) groups is 1. The summed E-state index contributed by atoms with van der Waals surface area (Å²) in [5.41, 5.74) is 2.70. The van der Waals surface area contributed by atoms with Crippen molar-refractivity contribution in [3.63, 3.8) is 0 Å². The highest BCUT2D eigenvalue weighted by Gasteiger charge is 2.23. The first-order valence-electron chi connectivity index (χ1n) is 8.76. The van der Waals surface area contributed by atoms with Crippen molar-refractivity contribution in [3.05, 3.63) is 66.2 Å². The van der Waals surface area contributed by atoms with Crippen LogP contribution in [-0.4, -0.2) is 51.1 Å². The van der Waals surface area contributed by atoms with Gasteiger partial charge in [0.2, 0.25) is 15.9 Å². The van der Waals surface area contributed by atoms with E-state index in [9.17, 15) is 13.2 Å². The standard InChI is InChI=1S/C20H23N3O3S/c1-27(25,26)23-15-13-22(14-16-23)19-10-8-18(9-11-19)21-20(24)12-7-17-5-3-2-4-6-17/h2-12H,13-16H2,1H3,(H,21,24)/b12-7+. The van der Waals surface area contributed by atoms with E-state index in [0.29, 0.717) is 26.2 Å². The lowest BCUT2D eigenvalue weighted by atomic mass is 10.2. The molecule has 3 rings (SSSR count). The highest BCUT2D eigenvalue weighted by Crippen LogP contribution is 2.20. The Bertz CT molecular complexity index is 901. The molecular weight excluding hydrogens is 362 g/mol. The van der Waals surface area contributed by atoms with E-state index in [1.54, 1.807) is 6.08 Å².